The molecule has 0 saturated carbocycles. The van der Waals surface area contributed by atoms with Crippen LogP contribution in [-0.4, -0.2) is 39.0 Å². The molecular weight excluding hydrogens is 280 g/mol. The maximum atomic E-state index is 5.48. The molecular formula is C15H22N6O. The molecule has 22 heavy (non-hydrogen) atoms. The van der Waals surface area contributed by atoms with Crippen molar-refractivity contribution in [1.29, 1.82) is 0 Å². The van der Waals surface area contributed by atoms with E-state index in [1.165, 1.54) is 0 Å². The summed E-state index contributed by atoms with van der Waals surface area (Å²) in [7, 11) is 1.93. The van der Waals surface area contributed by atoms with E-state index >= 15 is 0 Å². The number of nitrogens with zero attached hydrogens (tertiary/aromatic N) is 4. The predicted molar refractivity (Wildman–Crippen MR) is 85.5 cm³/mol. The smallest absolute Gasteiger partial charge is 0.135 e. The lowest BCUT2D eigenvalue weighted by Gasteiger charge is -2.23. The van der Waals surface area contributed by atoms with Gasteiger partial charge in [-0.1, -0.05) is 0 Å². The summed E-state index contributed by atoms with van der Waals surface area (Å²) in [6, 6.07) is 2.24. The predicted octanol–water partition coefficient (Wildman–Crippen LogP) is 2.16. The molecule has 1 aliphatic rings. The van der Waals surface area contributed by atoms with Crippen molar-refractivity contribution in [3.05, 3.63) is 23.8 Å². The molecule has 0 amide bonds. The molecule has 1 aliphatic heterocycles. The quantitative estimate of drug-likeness (QED) is 0.901. The minimum atomic E-state index is 0.318. The summed E-state index contributed by atoms with van der Waals surface area (Å²) in [6.45, 7) is 5.60. The lowest BCUT2D eigenvalue weighted by atomic mass is 10.1. The van der Waals surface area contributed by atoms with Crippen molar-refractivity contribution >= 4 is 17.3 Å². The van der Waals surface area contributed by atoms with Gasteiger partial charge in [0.25, 0.3) is 0 Å². The highest BCUT2D eigenvalue weighted by atomic mass is 16.5. The van der Waals surface area contributed by atoms with Crippen LogP contribution in [0.1, 0.15) is 24.2 Å². The van der Waals surface area contributed by atoms with Crippen molar-refractivity contribution < 1.29 is 4.74 Å². The Kier molecular flexibility index (Phi) is 4.24. The van der Waals surface area contributed by atoms with E-state index in [4.69, 9.17) is 4.74 Å². The zero-order chi connectivity index (χ0) is 15.5. The number of rotatable bonds is 4. The topological polar surface area (TPSA) is 76.9 Å². The largest absolute Gasteiger partial charge is 0.379 e. The minimum Gasteiger partial charge on any atom is -0.379 e. The minimum absolute atomic E-state index is 0.318. The number of hydrogen-bond donors (Lipinski definition) is 2. The van der Waals surface area contributed by atoms with Crippen LogP contribution in [-0.2, 0) is 11.8 Å². The second kappa shape index (κ2) is 6.31. The molecule has 2 N–H and O–H groups in total. The molecule has 0 spiro atoms. The highest BCUT2D eigenvalue weighted by molar-refractivity contribution is 5.63. The zero-order valence-corrected chi connectivity index (χ0v) is 13.3. The third-order valence-corrected chi connectivity index (χ3v) is 3.94. The van der Waals surface area contributed by atoms with Gasteiger partial charge in [-0.25, -0.2) is 9.97 Å². The van der Waals surface area contributed by atoms with Gasteiger partial charge in [0.2, 0.25) is 0 Å². The fraction of sp³-hybridized carbons (Fsp3) is 0.533. The number of nitrogens with one attached hydrogen (secondary N) is 2. The summed E-state index contributed by atoms with van der Waals surface area (Å²) in [5.74, 6) is 1.57. The Morgan fingerprint density at radius 1 is 1.27 bits per heavy atom. The Labute approximate surface area is 130 Å². The number of ether oxygens (including phenoxy) is 1. The highest BCUT2D eigenvalue weighted by Crippen LogP contribution is 2.23. The second-order valence-electron chi connectivity index (χ2n) is 5.64. The summed E-state index contributed by atoms with van der Waals surface area (Å²) in [5.41, 5.74) is 3.02. The number of hydrogen-bond acceptors (Lipinski definition) is 6. The van der Waals surface area contributed by atoms with Crippen molar-refractivity contribution in [1.82, 2.24) is 19.7 Å². The summed E-state index contributed by atoms with van der Waals surface area (Å²) in [5, 5.41) is 11.1. The molecule has 7 nitrogen and oxygen atoms in total. The van der Waals surface area contributed by atoms with E-state index in [9.17, 15) is 0 Å². The molecule has 7 heteroatoms. The maximum Gasteiger partial charge on any atom is 0.135 e. The molecule has 118 valence electrons. The average Bonchev–Trinajstić information content (AvgIpc) is 2.75. The van der Waals surface area contributed by atoms with Crippen molar-refractivity contribution in [2.24, 2.45) is 7.05 Å². The molecule has 0 aromatic carbocycles. The van der Waals surface area contributed by atoms with Crippen LogP contribution in [0.4, 0.5) is 17.3 Å². The Morgan fingerprint density at radius 3 is 2.77 bits per heavy atom. The molecule has 0 unspecified atom stereocenters. The van der Waals surface area contributed by atoms with Crippen LogP contribution in [0.3, 0.4) is 0 Å². The first-order valence-electron chi connectivity index (χ1n) is 7.57. The van der Waals surface area contributed by atoms with E-state index < -0.39 is 0 Å². The van der Waals surface area contributed by atoms with Crippen molar-refractivity contribution in [2.75, 3.05) is 23.8 Å². The van der Waals surface area contributed by atoms with Crippen LogP contribution in [0, 0.1) is 13.8 Å². The highest BCUT2D eigenvalue weighted by Gasteiger charge is 2.15. The first-order valence-corrected chi connectivity index (χ1v) is 7.57. The Hall–Kier alpha value is -2.15. The Bertz CT molecular complexity index is 647. The van der Waals surface area contributed by atoms with Crippen LogP contribution >= 0.6 is 0 Å². The lowest BCUT2D eigenvalue weighted by molar-refractivity contribution is 0.0875. The van der Waals surface area contributed by atoms with Gasteiger partial charge < -0.3 is 15.4 Å². The fourth-order valence-corrected chi connectivity index (χ4v) is 2.65. The van der Waals surface area contributed by atoms with Crippen molar-refractivity contribution in [3.8, 4) is 0 Å². The summed E-state index contributed by atoms with van der Waals surface area (Å²) in [4.78, 5) is 8.58. The van der Waals surface area contributed by atoms with E-state index in [0.29, 0.717) is 6.04 Å². The van der Waals surface area contributed by atoms with Gasteiger partial charge in [0.15, 0.2) is 0 Å². The van der Waals surface area contributed by atoms with E-state index in [0.717, 1.165) is 54.8 Å². The summed E-state index contributed by atoms with van der Waals surface area (Å²) in [6.07, 6.45) is 3.75. The van der Waals surface area contributed by atoms with E-state index in [1.54, 1.807) is 6.33 Å². The van der Waals surface area contributed by atoms with Gasteiger partial charge in [-0.15, -0.1) is 0 Å². The zero-order valence-electron chi connectivity index (χ0n) is 13.3. The molecule has 0 bridgehead atoms. The van der Waals surface area contributed by atoms with Crippen molar-refractivity contribution in [3.63, 3.8) is 0 Å². The normalized spacial score (nSPS) is 18.2. The maximum absolute atomic E-state index is 5.48. The van der Waals surface area contributed by atoms with Crippen LogP contribution in [0.2, 0.25) is 0 Å². The van der Waals surface area contributed by atoms with E-state index in [1.807, 2.05) is 31.6 Å². The van der Waals surface area contributed by atoms with Gasteiger partial charge in [0, 0.05) is 19.7 Å². The van der Waals surface area contributed by atoms with Gasteiger partial charge >= 0.3 is 0 Å². The van der Waals surface area contributed by atoms with Crippen LogP contribution in [0.15, 0.2) is 12.4 Å². The molecule has 2 aromatic heterocycles. The molecule has 3 heterocycles. The molecule has 0 radical (unpaired) electrons. The lowest BCUT2D eigenvalue weighted by Crippen LogP contribution is -2.30. The monoisotopic (exact) mass is 302 g/mol. The summed E-state index contributed by atoms with van der Waals surface area (Å²) >= 11 is 0. The molecule has 1 fully saturated rings. The summed E-state index contributed by atoms with van der Waals surface area (Å²) < 4.78 is 7.34. The first-order chi connectivity index (χ1) is 10.6. The fourth-order valence-electron chi connectivity index (χ4n) is 2.65. The van der Waals surface area contributed by atoms with Gasteiger partial charge in [-0.05, 0) is 26.7 Å². The molecule has 0 aliphatic carbocycles. The SMILES string of the molecule is Cc1nn(C)c(C)c1Nc1cc(N[C@@H]2CCCOC2)ncn1. The van der Waals surface area contributed by atoms with Gasteiger partial charge in [0.05, 0.1) is 29.7 Å². The molecule has 1 atom stereocenters. The molecule has 2 aromatic rings. The van der Waals surface area contributed by atoms with E-state index in [-0.39, 0.29) is 0 Å². The Morgan fingerprint density at radius 2 is 2.09 bits per heavy atom. The number of aromatic nitrogens is 4. The van der Waals surface area contributed by atoms with Gasteiger partial charge in [-0.3, -0.25) is 4.68 Å². The average molecular weight is 302 g/mol. The standard InChI is InChI=1S/C15H22N6O/c1-10-15(11(2)21(3)20-10)19-14-7-13(16-9-17-14)18-12-5-4-6-22-8-12/h7,9,12H,4-6,8H2,1-3H3,(H2,16,17,18,19)/t12-/m1/s1. The number of anilines is 3. The third kappa shape index (κ3) is 3.19. The third-order valence-electron chi connectivity index (χ3n) is 3.94. The molecule has 3 rings (SSSR count). The van der Waals surface area contributed by atoms with Crippen LogP contribution < -0.4 is 10.6 Å². The van der Waals surface area contributed by atoms with Crippen LogP contribution in [0.25, 0.3) is 0 Å². The number of aryl methyl sites for hydroxylation is 2. The Balaban J connectivity index is 1.73. The van der Waals surface area contributed by atoms with E-state index in [2.05, 4.69) is 25.7 Å². The second-order valence-corrected chi connectivity index (χ2v) is 5.64. The van der Waals surface area contributed by atoms with Crippen LogP contribution in [0.5, 0.6) is 0 Å². The van der Waals surface area contributed by atoms with Crippen molar-refractivity contribution in [2.45, 2.75) is 32.7 Å². The first kappa shape index (κ1) is 14.8. The van der Waals surface area contributed by atoms with Gasteiger partial charge in [0.1, 0.15) is 18.0 Å². The van der Waals surface area contributed by atoms with Gasteiger partial charge in [-0.2, -0.15) is 5.10 Å². The molecule has 1 saturated heterocycles.